The van der Waals surface area contributed by atoms with E-state index >= 15 is 0 Å². The van der Waals surface area contributed by atoms with Crippen molar-refractivity contribution in [3.8, 4) is 0 Å². The highest BCUT2D eigenvalue weighted by atomic mass is 16.5. The molecule has 0 aromatic heterocycles. The number of ether oxygens (including phenoxy) is 1. The molecular weight excluding hydrogens is 316 g/mol. The van der Waals surface area contributed by atoms with E-state index in [4.69, 9.17) is 4.74 Å². The second kappa shape index (κ2) is 5.67. The lowest BCUT2D eigenvalue weighted by Crippen LogP contribution is -2.54. The summed E-state index contributed by atoms with van der Waals surface area (Å²) in [5.74, 6) is 1.48. The number of esters is 1. The summed E-state index contributed by atoms with van der Waals surface area (Å²) in [5.41, 5.74) is 0.981. The molecule has 7 atom stereocenters. The van der Waals surface area contributed by atoms with Gasteiger partial charge in [-0.05, 0) is 73.3 Å². The quantitative estimate of drug-likeness (QED) is 0.739. The Hall–Kier alpha value is -1.16. The maximum atomic E-state index is 11.9. The van der Waals surface area contributed by atoms with Crippen LogP contribution in [0.1, 0.15) is 65.7 Å². The normalized spacial score (nSPS) is 48.9. The highest BCUT2D eigenvalue weighted by Crippen LogP contribution is 2.65. The van der Waals surface area contributed by atoms with Crippen LogP contribution >= 0.6 is 0 Å². The summed E-state index contributed by atoms with van der Waals surface area (Å²) < 4.78 is 5.68. The first kappa shape index (κ1) is 17.3. The molecule has 1 N–H and O–H groups in total. The lowest BCUT2D eigenvalue weighted by Gasteiger charge is -2.58. The lowest BCUT2D eigenvalue weighted by atomic mass is 9.47. The highest BCUT2D eigenvalue weighted by molar-refractivity contribution is 5.91. The SMILES string of the molecule is CC(=O)O[C@H]1CC[C@H]2[C@@H]3C[C@@H](O)C4=CC(=O)CC[C@@]4(C)[C@@H]3CC[C@]12C. The average Bonchev–Trinajstić information content (AvgIpc) is 2.86. The van der Waals surface area contributed by atoms with Crippen molar-refractivity contribution in [2.24, 2.45) is 28.6 Å². The van der Waals surface area contributed by atoms with E-state index in [-0.39, 0.29) is 28.7 Å². The van der Waals surface area contributed by atoms with Crippen molar-refractivity contribution in [3.63, 3.8) is 0 Å². The van der Waals surface area contributed by atoms with Crippen LogP contribution in [0.4, 0.5) is 0 Å². The molecule has 0 aromatic carbocycles. The number of aliphatic hydroxyl groups excluding tert-OH is 1. The van der Waals surface area contributed by atoms with Crippen molar-refractivity contribution >= 4 is 11.8 Å². The largest absolute Gasteiger partial charge is 0.462 e. The molecule has 0 saturated heterocycles. The first-order valence-electron chi connectivity index (χ1n) is 9.86. The molecule has 0 aromatic rings. The Bertz CT molecular complexity index is 638. The van der Waals surface area contributed by atoms with Crippen molar-refractivity contribution in [2.45, 2.75) is 77.9 Å². The Morgan fingerprint density at radius 2 is 1.96 bits per heavy atom. The van der Waals surface area contributed by atoms with Gasteiger partial charge < -0.3 is 9.84 Å². The first-order valence-corrected chi connectivity index (χ1v) is 9.86. The van der Waals surface area contributed by atoms with Crippen LogP contribution in [0, 0.1) is 28.6 Å². The highest BCUT2D eigenvalue weighted by Gasteiger charge is 2.61. The minimum Gasteiger partial charge on any atom is -0.462 e. The Balaban J connectivity index is 1.66. The molecule has 4 nitrogen and oxygen atoms in total. The predicted molar refractivity (Wildman–Crippen MR) is 93.7 cm³/mol. The van der Waals surface area contributed by atoms with Gasteiger partial charge in [-0.25, -0.2) is 0 Å². The van der Waals surface area contributed by atoms with E-state index < -0.39 is 6.10 Å². The number of carbonyl (C=O) groups excluding carboxylic acids is 2. The zero-order valence-corrected chi connectivity index (χ0v) is 15.6. The molecule has 138 valence electrons. The smallest absolute Gasteiger partial charge is 0.302 e. The van der Waals surface area contributed by atoms with E-state index in [0.29, 0.717) is 24.2 Å². The maximum Gasteiger partial charge on any atom is 0.302 e. The fraction of sp³-hybridized carbons (Fsp3) is 0.810. The van der Waals surface area contributed by atoms with Crippen LogP contribution in [0.15, 0.2) is 11.6 Å². The molecule has 0 aliphatic heterocycles. The van der Waals surface area contributed by atoms with E-state index in [1.807, 2.05) is 0 Å². The average molecular weight is 346 g/mol. The number of hydrogen-bond donors (Lipinski definition) is 1. The van der Waals surface area contributed by atoms with Crippen molar-refractivity contribution in [1.29, 1.82) is 0 Å². The Morgan fingerprint density at radius 3 is 2.68 bits per heavy atom. The molecule has 0 heterocycles. The summed E-state index contributed by atoms with van der Waals surface area (Å²) in [6.07, 6.45) is 7.69. The van der Waals surface area contributed by atoms with Crippen LogP contribution in [0.2, 0.25) is 0 Å². The minimum absolute atomic E-state index is 0.0192. The third-order valence-electron chi connectivity index (χ3n) is 8.20. The van der Waals surface area contributed by atoms with Gasteiger partial charge in [-0.15, -0.1) is 0 Å². The van der Waals surface area contributed by atoms with Gasteiger partial charge in [0, 0.05) is 18.8 Å². The molecule has 3 saturated carbocycles. The molecule has 25 heavy (non-hydrogen) atoms. The monoisotopic (exact) mass is 346 g/mol. The van der Waals surface area contributed by atoms with Crippen molar-refractivity contribution in [2.75, 3.05) is 0 Å². The molecule has 0 unspecified atom stereocenters. The third kappa shape index (κ3) is 2.43. The molecule has 4 aliphatic carbocycles. The molecule has 3 fully saturated rings. The van der Waals surface area contributed by atoms with Crippen LogP contribution in [0.25, 0.3) is 0 Å². The second-order valence-electron chi connectivity index (χ2n) is 9.33. The van der Waals surface area contributed by atoms with Gasteiger partial charge >= 0.3 is 5.97 Å². The standard InChI is InChI=1S/C21H30O4/c1-12(22)25-19-5-4-15-14-11-18(24)17-10-13(23)6-8-20(17,2)16(14)7-9-21(15,19)3/h10,14-16,18-19,24H,4-9,11H2,1-3H3/t14-,15-,16+,18+,19-,20-,21-/m0/s1. The summed E-state index contributed by atoms with van der Waals surface area (Å²) in [6.45, 7) is 6.06. The van der Waals surface area contributed by atoms with Crippen LogP contribution in [0.5, 0.6) is 0 Å². The molecule has 4 rings (SSSR count). The van der Waals surface area contributed by atoms with E-state index in [1.54, 1.807) is 6.08 Å². The van der Waals surface area contributed by atoms with Gasteiger partial charge in [0.05, 0.1) is 6.10 Å². The van der Waals surface area contributed by atoms with E-state index in [2.05, 4.69) is 13.8 Å². The number of fused-ring (bicyclic) bond motifs is 5. The zero-order valence-electron chi connectivity index (χ0n) is 15.6. The molecule has 0 spiro atoms. The van der Waals surface area contributed by atoms with Crippen LogP contribution < -0.4 is 0 Å². The Morgan fingerprint density at radius 1 is 1.20 bits per heavy atom. The molecule has 4 aliphatic rings. The number of hydrogen-bond acceptors (Lipinski definition) is 4. The maximum absolute atomic E-state index is 11.9. The van der Waals surface area contributed by atoms with Gasteiger partial charge in [0.1, 0.15) is 6.10 Å². The molecule has 0 amide bonds. The van der Waals surface area contributed by atoms with Gasteiger partial charge in [-0.3, -0.25) is 9.59 Å². The van der Waals surface area contributed by atoms with E-state index in [1.165, 1.54) is 6.92 Å². The van der Waals surface area contributed by atoms with Crippen LogP contribution in [-0.4, -0.2) is 29.1 Å². The predicted octanol–water partition coefficient (Wildman–Crippen LogP) is 3.42. The lowest BCUT2D eigenvalue weighted by molar-refractivity contribution is -0.158. The molecule has 0 bridgehead atoms. The summed E-state index contributed by atoms with van der Waals surface area (Å²) in [6, 6.07) is 0. The summed E-state index contributed by atoms with van der Waals surface area (Å²) >= 11 is 0. The van der Waals surface area contributed by atoms with Crippen molar-refractivity contribution in [1.82, 2.24) is 0 Å². The first-order chi connectivity index (χ1) is 11.8. The third-order valence-corrected chi connectivity index (χ3v) is 8.20. The molecule has 0 radical (unpaired) electrons. The summed E-state index contributed by atoms with van der Waals surface area (Å²) in [7, 11) is 0. The Labute approximate surface area is 150 Å². The van der Waals surface area contributed by atoms with Crippen LogP contribution in [0.3, 0.4) is 0 Å². The second-order valence-corrected chi connectivity index (χ2v) is 9.33. The fourth-order valence-electron chi connectivity index (χ4n) is 6.95. The van der Waals surface area contributed by atoms with Crippen LogP contribution in [-0.2, 0) is 14.3 Å². The van der Waals surface area contributed by atoms with Gasteiger partial charge in [0.25, 0.3) is 0 Å². The van der Waals surface area contributed by atoms with E-state index in [0.717, 1.165) is 44.1 Å². The number of carbonyl (C=O) groups is 2. The van der Waals surface area contributed by atoms with Crippen molar-refractivity contribution < 1.29 is 19.4 Å². The van der Waals surface area contributed by atoms with E-state index in [9.17, 15) is 14.7 Å². The van der Waals surface area contributed by atoms with Crippen molar-refractivity contribution in [3.05, 3.63) is 11.6 Å². The fourth-order valence-corrected chi connectivity index (χ4v) is 6.95. The Kier molecular flexibility index (Phi) is 3.91. The van der Waals surface area contributed by atoms with Gasteiger partial charge in [-0.1, -0.05) is 13.8 Å². The summed E-state index contributed by atoms with van der Waals surface area (Å²) in [4.78, 5) is 23.4. The number of rotatable bonds is 1. The summed E-state index contributed by atoms with van der Waals surface area (Å²) in [5, 5.41) is 10.8. The number of ketones is 1. The van der Waals surface area contributed by atoms with Gasteiger partial charge in [0.2, 0.25) is 0 Å². The zero-order chi connectivity index (χ0) is 18.0. The van der Waals surface area contributed by atoms with Gasteiger partial charge in [0.15, 0.2) is 5.78 Å². The molecular formula is C21H30O4. The topological polar surface area (TPSA) is 63.6 Å². The minimum atomic E-state index is -0.495. The number of aliphatic hydroxyl groups is 1. The molecule has 4 heteroatoms. The van der Waals surface area contributed by atoms with Gasteiger partial charge in [-0.2, -0.15) is 0 Å².